The van der Waals surface area contributed by atoms with Gasteiger partial charge in [-0.05, 0) is 18.2 Å². The topological polar surface area (TPSA) is 90.2 Å². The van der Waals surface area contributed by atoms with Gasteiger partial charge in [0.25, 0.3) is 0 Å². The van der Waals surface area contributed by atoms with E-state index in [4.69, 9.17) is 10.4 Å². The van der Waals surface area contributed by atoms with Gasteiger partial charge in [-0.25, -0.2) is 4.79 Å². The number of nitrogens with zero attached hydrogens (tertiary/aromatic N) is 1. The zero-order valence-corrected chi connectivity index (χ0v) is 8.58. The molecular formula is C10H5F3N2O3. The van der Waals surface area contributed by atoms with E-state index in [1.165, 1.54) is 5.32 Å². The van der Waals surface area contributed by atoms with Crippen LogP contribution >= 0.6 is 0 Å². The predicted octanol–water partition coefficient (Wildman–Crippen LogP) is 1.76. The van der Waals surface area contributed by atoms with Gasteiger partial charge < -0.3 is 10.4 Å². The summed E-state index contributed by atoms with van der Waals surface area (Å²) in [6.07, 6.45) is -5.09. The highest BCUT2D eigenvalue weighted by atomic mass is 19.4. The van der Waals surface area contributed by atoms with Crippen LogP contribution in [0.1, 0.15) is 15.9 Å². The number of carbonyl (C=O) groups is 2. The Balaban J connectivity index is 3.11. The van der Waals surface area contributed by atoms with Crippen LogP contribution in [0.5, 0.6) is 0 Å². The highest BCUT2D eigenvalue weighted by molar-refractivity contribution is 5.97. The maximum absolute atomic E-state index is 12.0. The van der Waals surface area contributed by atoms with E-state index in [9.17, 15) is 22.8 Å². The molecule has 0 unspecified atom stereocenters. The van der Waals surface area contributed by atoms with Crippen molar-refractivity contribution in [2.45, 2.75) is 6.18 Å². The van der Waals surface area contributed by atoms with Crippen LogP contribution in [-0.2, 0) is 4.79 Å². The number of hydrogen-bond acceptors (Lipinski definition) is 3. The number of rotatable bonds is 2. The number of hydrogen-bond donors (Lipinski definition) is 2. The van der Waals surface area contributed by atoms with E-state index < -0.39 is 29.3 Å². The number of nitrogens with one attached hydrogen (secondary N) is 1. The first kappa shape index (κ1) is 13.5. The van der Waals surface area contributed by atoms with Crippen molar-refractivity contribution in [3.63, 3.8) is 0 Å². The molecule has 0 aliphatic rings. The second-order valence-electron chi connectivity index (χ2n) is 3.17. The van der Waals surface area contributed by atoms with Crippen LogP contribution in [0, 0.1) is 11.3 Å². The molecule has 0 heterocycles. The molecule has 1 rings (SSSR count). The number of amides is 1. The number of carbonyl (C=O) groups excluding carboxylic acids is 1. The van der Waals surface area contributed by atoms with Gasteiger partial charge in [0, 0.05) is 5.69 Å². The third kappa shape index (κ3) is 3.21. The van der Waals surface area contributed by atoms with Gasteiger partial charge in [-0.3, -0.25) is 4.79 Å². The lowest BCUT2D eigenvalue weighted by Crippen LogP contribution is -2.30. The first-order chi connectivity index (χ1) is 8.24. The molecule has 0 radical (unpaired) electrons. The summed E-state index contributed by atoms with van der Waals surface area (Å²) in [6.45, 7) is 0. The number of nitriles is 1. The smallest absolute Gasteiger partial charge is 0.471 e. The molecule has 1 aromatic rings. The minimum atomic E-state index is -5.09. The third-order valence-electron chi connectivity index (χ3n) is 1.82. The summed E-state index contributed by atoms with van der Waals surface area (Å²) in [5.41, 5.74) is -0.979. The Morgan fingerprint density at radius 1 is 1.28 bits per heavy atom. The molecule has 5 nitrogen and oxygen atoms in total. The highest BCUT2D eigenvalue weighted by Crippen LogP contribution is 2.20. The predicted molar refractivity (Wildman–Crippen MR) is 52.8 cm³/mol. The Morgan fingerprint density at radius 2 is 1.89 bits per heavy atom. The Hall–Kier alpha value is -2.56. The number of carboxylic acid groups (broad SMARTS) is 1. The largest absolute Gasteiger partial charge is 0.478 e. The monoisotopic (exact) mass is 258 g/mol. The summed E-state index contributed by atoms with van der Waals surface area (Å²) in [5.74, 6) is -3.66. The van der Waals surface area contributed by atoms with Gasteiger partial charge in [0.15, 0.2) is 0 Å². The molecule has 0 saturated heterocycles. The van der Waals surface area contributed by atoms with Gasteiger partial charge in [-0.2, -0.15) is 18.4 Å². The van der Waals surface area contributed by atoms with Gasteiger partial charge in [0.2, 0.25) is 0 Å². The molecule has 0 fully saturated rings. The van der Waals surface area contributed by atoms with Gasteiger partial charge >= 0.3 is 18.1 Å². The molecule has 0 bridgehead atoms. The summed E-state index contributed by atoms with van der Waals surface area (Å²) in [4.78, 5) is 21.3. The average molecular weight is 258 g/mol. The summed E-state index contributed by atoms with van der Waals surface area (Å²) in [6, 6.07) is 4.32. The van der Waals surface area contributed by atoms with Gasteiger partial charge in [0.05, 0.1) is 17.2 Å². The van der Waals surface area contributed by atoms with Crippen molar-refractivity contribution in [3.05, 3.63) is 29.3 Å². The van der Waals surface area contributed by atoms with E-state index >= 15 is 0 Å². The molecule has 0 saturated carbocycles. The highest BCUT2D eigenvalue weighted by Gasteiger charge is 2.38. The molecule has 1 aromatic carbocycles. The van der Waals surface area contributed by atoms with Crippen LogP contribution in [0.4, 0.5) is 18.9 Å². The van der Waals surface area contributed by atoms with Crippen LogP contribution < -0.4 is 5.32 Å². The molecule has 2 N–H and O–H groups in total. The van der Waals surface area contributed by atoms with E-state index in [-0.39, 0.29) is 5.56 Å². The van der Waals surface area contributed by atoms with Crippen molar-refractivity contribution in [2.24, 2.45) is 0 Å². The zero-order chi connectivity index (χ0) is 13.9. The summed E-state index contributed by atoms with van der Waals surface area (Å²) < 4.78 is 35.9. The maximum Gasteiger partial charge on any atom is 0.471 e. The molecule has 0 atom stereocenters. The van der Waals surface area contributed by atoms with E-state index in [0.717, 1.165) is 18.2 Å². The summed E-state index contributed by atoms with van der Waals surface area (Å²) in [7, 11) is 0. The molecule has 8 heteroatoms. The molecule has 18 heavy (non-hydrogen) atoms. The Morgan fingerprint density at radius 3 is 2.33 bits per heavy atom. The standard InChI is InChI=1S/C10H5F3N2O3/c11-10(12,13)9(18)15-7-2-5(4-14)1-6(3-7)8(16)17/h1-3H,(H,15,18)(H,16,17). The zero-order valence-electron chi connectivity index (χ0n) is 8.58. The quantitative estimate of drug-likeness (QED) is 0.845. The first-order valence-corrected chi connectivity index (χ1v) is 4.40. The van der Waals surface area contributed by atoms with Crippen molar-refractivity contribution in [1.82, 2.24) is 0 Å². The Bertz CT molecular complexity index is 546. The van der Waals surface area contributed by atoms with Crippen LogP contribution in [0.2, 0.25) is 0 Å². The van der Waals surface area contributed by atoms with Crippen molar-refractivity contribution >= 4 is 17.6 Å². The minimum absolute atomic E-state index is 0.174. The van der Waals surface area contributed by atoms with E-state index in [0.29, 0.717) is 0 Å². The second-order valence-corrected chi connectivity index (χ2v) is 3.17. The number of anilines is 1. The van der Waals surface area contributed by atoms with Crippen molar-refractivity contribution in [2.75, 3.05) is 5.32 Å². The normalized spacial score (nSPS) is 10.6. The van der Waals surface area contributed by atoms with Gasteiger partial charge in [-0.15, -0.1) is 0 Å². The maximum atomic E-state index is 12.0. The van der Waals surface area contributed by atoms with Crippen molar-refractivity contribution in [1.29, 1.82) is 5.26 Å². The number of benzene rings is 1. The van der Waals surface area contributed by atoms with Crippen LogP contribution in [-0.4, -0.2) is 23.2 Å². The molecule has 94 valence electrons. The lowest BCUT2D eigenvalue weighted by molar-refractivity contribution is -0.167. The van der Waals surface area contributed by atoms with Gasteiger partial charge in [-0.1, -0.05) is 0 Å². The Kier molecular flexibility index (Phi) is 3.56. The molecule has 1 amide bonds. The molecule has 0 aliphatic carbocycles. The van der Waals surface area contributed by atoms with Crippen LogP contribution in [0.25, 0.3) is 0 Å². The van der Waals surface area contributed by atoms with E-state index in [1.54, 1.807) is 6.07 Å². The molecular weight excluding hydrogens is 253 g/mol. The third-order valence-corrected chi connectivity index (χ3v) is 1.82. The van der Waals surface area contributed by atoms with Crippen molar-refractivity contribution < 1.29 is 27.9 Å². The molecule has 0 spiro atoms. The lowest BCUT2D eigenvalue weighted by Gasteiger charge is -2.08. The number of aromatic carboxylic acids is 1. The van der Waals surface area contributed by atoms with Crippen molar-refractivity contribution in [3.8, 4) is 6.07 Å². The summed E-state index contributed by atoms with van der Waals surface area (Å²) >= 11 is 0. The van der Waals surface area contributed by atoms with Crippen LogP contribution in [0.3, 0.4) is 0 Å². The average Bonchev–Trinajstić information content (AvgIpc) is 2.27. The lowest BCUT2D eigenvalue weighted by atomic mass is 10.1. The number of carboxylic acids is 1. The minimum Gasteiger partial charge on any atom is -0.478 e. The number of halogens is 3. The second kappa shape index (κ2) is 4.75. The van der Waals surface area contributed by atoms with E-state index in [1.807, 2.05) is 0 Å². The number of alkyl halides is 3. The fourth-order valence-electron chi connectivity index (χ4n) is 1.09. The molecule has 0 aromatic heterocycles. The fourth-order valence-corrected chi connectivity index (χ4v) is 1.09. The SMILES string of the molecule is N#Cc1cc(NC(=O)C(F)(F)F)cc(C(=O)O)c1. The Labute approximate surface area is 98.4 Å². The summed E-state index contributed by atoms with van der Waals surface area (Å²) in [5, 5.41) is 18.7. The first-order valence-electron chi connectivity index (χ1n) is 4.40. The van der Waals surface area contributed by atoms with E-state index in [2.05, 4.69) is 0 Å². The molecule has 0 aliphatic heterocycles. The fraction of sp³-hybridized carbons (Fsp3) is 0.100. The van der Waals surface area contributed by atoms with Gasteiger partial charge in [0.1, 0.15) is 0 Å². The van der Waals surface area contributed by atoms with Crippen LogP contribution in [0.15, 0.2) is 18.2 Å².